The lowest BCUT2D eigenvalue weighted by molar-refractivity contribution is 0.0576. The van der Waals surface area contributed by atoms with E-state index >= 15 is 0 Å². The molecular formula is C26H24FN3O3. The number of carbonyl (C=O) groups is 1. The summed E-state index contributed by atoms with van der Waals surface area (Å²) in [4.78, 5) is 21.8. The third-order valence-corrected chi connectivity index (χ3v) is 6.03. The van der Waals surface area contributed by atoms with Crippen LogP contribution in [0.15, 0.2) is 71.7 Å². The van der Waals surface area contributed by atoms with Crippen LogP contribution in [0.4, 0.5) is 10.1 Å². The fourth-order valence-corrected chi connectivity index (χ4v) is 4.31. The number of carbonyl (C=O) groups excluding carboxylic acids is 1. The van der Waals surface area contributed by atoms with Crippen molar-refractivity contribution in [3.8, 4) is 17.2 Å². The van der Waals surface area contributed by atoms with Crippen molar-refractivity contribution in [3.63, 3.8) is 0 Å². The number of amides is 1. The van der Waals surface area contributed by atoms with Crippen LogP contribution in [0.25, 0.3) is 0 Å². The van der Waals surface area contributed by atoms with Gasteiger partial charge in [-0.2, -0.15) is 0 Å². The lowest BCUT2D eigenvalue weighted by atomic mass is 10.1. The van der Waals surface area contributed by atoms with Crippen molar-refractivity contribution in [1.29, 1.82) is 0 Å². The van der Waals surface area contributed by atoms with Crippen LogP contribution in [0.1, 0.15) is 22.8 Å². The summed E-state index contributed by atoms with van der Waals surface area (Å²) in [5, 5.41) is 0. The molecule has 0 bridgehead atoms. The topological polar surface area (TPSA) is 54.4 Å². The van der Waals surface area contributed by atoms with E-state index in [1.165, 1.54) is 12.1 Å². The quantitative estimate of drug-likeness (QED) is 0.565. The molecule has 0 saturated carbocycles. The summed E-state index contributed by atoms with van der Waals surface area (Å²) in [6.07, 6.45) is 0. The number of methoxy groups -OCH3 is 1. The van der Waals surface area contributed by atoms with E-state index in [1.807, 2.05) is 49.4 Å². The zero-order valence-electron chi connectivity index (χ0n) is 18.5. The minimum absolute atomic E-state index is 0.101. The molecule has 7 heteroatoms. The number of para-hydroxylation sites is 2. The molecule has 3 aromatic rings. The second-order valence-electron chi connectivity index (χ2n) is 8.14. The average Bonchev–Trinajstić information content (AvgIpc) is 3.00. The summed E-state index contributed by atoms with van der Waals surface area (Å²) in [5.74, 6) is 2.02. The van der Waals surface area contributed by atoms with Crippen LogP contribution in [0.5, 0.6) is 17.2 Å². The first kappa shape index (κ1) is 21.0. The highest BCUT2D eigenvalue weighted by Gasteiger charge is 2.32. The van der Waals surface area contributed by atoms with Gasteiger partial charge in [-0.25, -0.2) is 9.38 Å². The van der Waals surface area contributed by atoms with E-state index in [2.05, 4.69) is 4.90 Å². The molecule has 2 aliphatic heterocycles. The summed E-state index contributed by atoms with van der Waals surface area (Å²) in [7, 11) is 1.62. The Hall–Kier alpha value is -3.87. The van der Waals surface area contributed by atoms with E-state index in [0.717, 1.165) is 17.1 Å². The van der Waals surface area contributed by atoms with Crippen LogP contribution in [0.2, 0.25) is 0 Å². The average molecular weight is 445 g/mol. The molecule has 168 valence electrons. The van der Waals surface area contributed by atoms with Crippen LogP contribution in [0.3, 0.4) is 0 Å². The Kier molecular flexibility index (Phi) is 5.46. The first-order chi connectivity index (χ1) is 16.0. The first-order valence-corrected chi connectivity index (χ1v) is 10.9. The minimum Gasteiger partial charge on any atom is -0.497 e. The molecule has 3 aromatic carbocycles. The second kappa shape index (κ2) is 8.58. The lowest BCUT2D eigenvalue weighted by Gasteiger charge is -2.41. The Morgan fingerprint density at radius 3 is 2.64 bits per heavy atom. The maximum absolute atomic E-state index is 14.2. The summed E-state index contributed by atoms with van der Waals surface area (Å²) in [5.41, 5.74) is 1.69. The number of piperazine rings is 1. The number of amidine groups is 1. The number of benzene rings is 3. The molecule has 1 atom stereocenters. The van der Waals surface area contributed by atoms with Gasteiger partial charge in [0.25, 0.3) is 5.91 Å². The highest BCUT2D eigenvalue weighted by atomic mass is 19.1. The predicted molar refractivity (Wildman–Crippen MR) is 124 cm³/mol. The Morgan fingerprint density at radius 1 is 1.06 bits per heavy atom. The summed E-state index contributed by atoms with van der Waals surface area (Å²) in [6, 6.07) is 19.3. The molecule has 0 aromatic heterocycles. The largest absolute Gasteiger partial charge is 0.497 e. The van der Waals surface area contributed by atoms with Gasteiger partial charge in [-0.3, -0.25) is 4.79 Å². The molecular weight excluding hydrogens is 421 g/mol. The van der Waals surface area contributed by atoms with Gasteiger partial charge in [0.05, 0.1) is 18.2 Å². The third-order valence-electron chi connectivity index (χ3n) is 6.03. The van der Waals surface area contributed by atoms with Gasteiger partial charge in [0, 0.05) is 31.7 Å². The van der Waals surface area contributed by atoms with Gasteiger partial charge < -0.3 is 19.3 Å². The summed E-state index contributed by atoms with van der Waals surface area (Å²) in [6.45, 7) is 3.56. The number of aliphatic imine (C=N–C) groups is 1. The van der Waals surface area contributed by atoms with Gasteiger partial charge >= 0.3 is 0 Å². The number of halogens is 1. The van der Waals surface area contributed by atoms with Crippen molar-refractivity contribution < 1.29 is 18.7 Å². The van der Waals surface area contributed by atoms with Crippen molar-refractivity contribution in [2.24, 2.45) is 4.99 Å². The zero-order chi connectivity index (χ0) is 22.9. The summed E-state index contributed by atoms with van der Waals surface area (Å²) < 4.78 is 25.8. The number of rotatable bonds is 2. The predicted octanol–water partition coefficient (Wildman–Crippen LogP) is 4.86. The van der Waals surface area contributed by atoms with Crippen LogP contribution in [-0.4, -0.2) is 54.3 Å². The van der Waals surface area contributed by atoms with Crippen molar-refractivity contribution in [1.82, 2.24) is 9.80 Å². The van der Waals surface area contributed by atoms with E-state index in [1.54, 1.807) is 24.1 Å². The molecule has 0 N–H and O–H groups in total. The Balaban J connectivity index is 1.46. The normalized spacial score (nSPS) is 17.3. The number of ether oxygens (including phenoxy) is 2. The third kappa shape index (κ3) is 3.91. The smallest absolute Gasteiger partial charge is 0.257 e. The Morgan fingerprint density at radius 2 is 1.85 bits per heavy atom. The highest BCUT2D eigenvalue weighted by Crippen LogP contribution is 2.39. The lowest BCUT2D eigenvalue weighted by Crippen LogP contribution is -2.55. The summed E-state index contributed by atoms with van der Waals surface area (Å²) >= 11 is 0. The van der Waals surface area contributed by atoms with E-state index < -0.39 is 5.82 Å². The molecule has 33 heavy (non-hydrogen) atoms. The molecule has 2 heterocycles. The van der Waals surface area contributed by atoms with Crippen LogP contribution >= 0.6 is 0 Å². The zero-order valence-corrected chi connectivity index (χ0v) is 18.5. The molecule has 6 nitrogen and oxygen atoms in total. The number of fused-ring (bicyclic) bond motifs is 2. The fraction of sp³-hybridized carbons (Fsp3) is 0.231. The van der Waals surface area contributed by atoms with Crippen molar-refractivity contribution in [3.05, 3.63) is 83.7 Å². The van der Waals surface area contributed by atoms with Crippen LogP contribution < -0.4 is 9.47 Å². The highest BCUT2D eigenvalue weighted by molar-refractivity contribution is 6.04. The maximum Gasteiger partial charge on any atom is 0.257 e. The molecule has 2 aliphatic rings. The molecule has 1 amide bonds. The van der Waals surface area contributed by atoms with Crippen molar-refractivity contribution in [2.45, 2.75) is 13.0 Å². The van der Waals surface area contributed by atoms with E-state index in [4.69, 9.17) is 14.5 Å². The van der Waals surface area contributed by atoms with E-state index in [9.17, 15) is 9.18 Å². The molecule has 0 radical (unpaired) electrons. The van der Waals surface area contributed by atoms with Crippen molar-refractivity contribution >= 4 is 17.4 Å². The number of nitrogens with zero attached hydrogens (tertiary/aromatic N) is 3. The van der Waals surface area contributed by atoms with E-state index in [0.29, 0.717) is 36.9 Å². The molecule has 5 rings (SSSR count). The van der Waals surface area contributed by atoms with Gasteiger partial charge in [0.15, 0.2) is 5.75 Å². The monoisotopic (exact) mass is 445 g/mol. The van der Waals surface area contributed by atoms with Gasteiger partial charge in [0.2, 0.25) is 0 Å². The molecule has 0 aliphatic carbocycles. The Labute approximate surface area is 191 Å². The van der Waals surface area contributed by atoms with Gasteiger partial charge in [-0.1, -0.05) is 24.3 Å². The van der Waals surface area contributed by atoms with Crippen molar-refractivity contribution in [2.75, 3.05) is 26.7 Å². The minimum atomic E-state index is -0.498. The Bertz CT molecular complexity index is 1240. The molecule has 1 fully saturated rings. The maximum atomic E-state index is 14.2. The second-order valence-corrected chi connectivity index (χ2v) is 8.14. The SMILES string of the molecule is COc1ccc2c(c1)Oc1ccccc1N=C2N1CCN(C(=O)c2ccccc2F)[C@H](C)C1. The van der Waals surface area contributed by atoms with Gasteiger partial charge in [-0.05, 0) is 43.3 Å². The number of hydrogen-bond acceptors (Lipinski definition) is 5. The van der Waals surface area contributed by atoms with E-state index in [-0.39, 0.29) is 17.5 Å². The van der Waals surface area contributed by atoms with Crippen LogP contribution in [-0.2, 0) is 0 Å². The number of hydrogen-bond donors (Lipinski definition) is 0. The van der Waals surface area contributed by atoms with Gasteiger partial charge in [-0.15, -0.1) is 0 Å². The first-order valence-electron chi connectivity index (χ1n) is 10.9. The molecule has 1 saturated heterocycles. The van der Waals surface area contributed by atoms with Gasteiger partial charge in [0.1, 0.15) is 28.8 Å². The molecule has 0 spiro atoms. The molecule has 0 unspecified atom stereocenters. The standard InChI is InChI=1S/C26H24FN3O3/c1-17-16-29(13-14-30(17)26(31)19-7-3-4-8-21(19)27)25-20-12-11-18(32-2)15-24(20)33-23-10-6-5-9-22(23)28-25/h3-12,15,17H,13-14,16H2,1-2H3/t17-/m1/s1. The van der Waals surface area contributed by atoms with Crippen LogP contribution in [0, 0.1) is 5.82 Å². The fourth-order valence-electron chi connectivity index (χ4n) is 4.31.